The number of allylic oxidation sites excluding steroid dienone is 2. The molecule has 5 heteroatoms. The van der Waals surface area contributed by atoms with Crippen LogP contribution in [0.1, 0.15) is 95.4 Å². The molecule has 0 aromatic heterocycles. The first-order valence-electron chi connectivity index (χ1n) is 16.8. The molecule has 0 aliphatic heterocycles. The van der Waals surface area contributed by atoms with Crippen molar-refractivity contribution in [1.82, 2.24) is 0 Å². The van der Waals surface area contributed by atoms with Gasteiger partial charge in [0, 0.05) is 37.6 Å². The standard InChI is InChI=1S/C39H54N2O2S/c1-5-9-30-40(31-10-6-2)36-26-22-34(23-27-36)18-16-17-21-39(44(42,43)38-19-14-13-15-20-38)35-24-28-37(29-25-35)41(32-11-7-3)33-12-8-4/h13-29,39H,5-12,30-33H2,1-4H3. The lowest BCUT2D eigenvalue weighted by atomic mass is 10.1. The van der Waals surface area contributed by atoms with E-state index in [9.17, 15) is 8.42 Å². The van der Waals surface area contributed by atoms with Gasteiger partial charge in [-0.05, 0) is 73.2 Å². The summed E-state index contributed by atoms with van der Waals surface area (Å²) in [6.07, 6.45) is 17.0. The second kappa shape index (κ2) is 19.2. The molecule has 0 saturated carbocycles. The van der Waals surface area contributed by atoms with E-state index in [4.69, 9.17) is 0 Å². The number of nitrogens with zero attached hydrogens (tertiary/aromatic N) is 2. The van der Waals surface area contributed by atoms with Crippen molar-refractivity contribution < 1.29 is 8.42 Å². The first-order chi connectivity index (χ1) is 21.4. The van der Waals surface area contributed by atoms with Crippen LogP contribution in [-0.4, -0.2) is 34.6 Å². The normalized spacial score (nSPS) is 12.6. The van der Waals surface area contributed by atoms with E-state index in [1.54, 1.807) is 24.3 Å². The fraction of sp³-hybridized carbons (Fsp3) is 0.436. The van der Waals surface area contributed by atoms with Crippen molar-refractivity contribution in [2.75, 3.05) is 36.0 Å². The average molecular weight is 615 g/mol. The van der Waals surface area contributed by atoms with Gasteiger partial charge in [0.05, 0.1) is 4.90 Å². The lowest BCUT2D eigenvalue weighted by molar-refractivity contribution is 0.590. The molecule has 0 heterocycles. The van der Waals surface area contributed by atoms with E-state index >= 15 is 0 Å². The van der Waals surface area contributed by atoms with Crippen LogP contribution in [-0.2, 0) is 9.84 Å². The minimum Gasteiger partial charge on any atom is -0.372 e. The van der Waals surface area contributed by atoms with Crippen molar-refractivity contribution in [2.24, 2.45) is 0 Å². The highest BCUT2D eigenvalue weighted by Crippen LogP contribution is 2.32. The molecule has 1 atom stereocenters. The van der Waals surface area contributed by atoms with Crippen LogP contribution in [0.3, 0.4) is 0 Å². The number of anilines is 2. The number of benzene rings is 3. The lowest BCUT2D eigenvalue weighted by Crippen LogP contribution is -2.25. The Morgan fingerprint density at radius 1 is 0.591 bits per heavy atom. The molecule has 0 aliphatic carbocycles. The van der Waals surface area contributed by atoms with Gasteiger partial charge in [0.15, 0.2) is 9.84 Å². The molecule has 3 aromatic rings. The molecule has 1 unspecified atom stereocenters. The molecule has 3 rings (SSSR count). The SMILES string of the molecule is CCCCN(CCCC)c1ccc(C=CC=CC(c2ccc(N(CCCC)CCCC)cc2)S(=O)(=O)c2ccccc2)cc1. The fourth-order valence-electron chi connectivity index (χ4n) is 5.29. The molecule has 238 valence electrons. The predicted molar refractivity (Wildman–Crippen MR) is 191 cm³/mol. The molecule has 0 spiro atoms. The Morgan fingerprint density at radius 2 is 1.05 bits per heavy atom. The van der Waals surface area contributed by atoms with E-state index in [0.29, 0.717) is 4.90 Å². The maximum atomic E-state index is 13.9. The Labute approximate surface area is 268 Å². The van der Waals surface area contributed by atoms with Gasteiger partial charge >= 0.3 is 0 Å². The minimum absolute atomic E-state index is 0.335. The Balaban J connectivity index is 1.83. The molecule has 0 amide bonds. The zero-order chi connectivity index (χ0) is 31.6. The van der Waals surface area contributed by atoms with Crippen LogP contribution in [0.4, 0.5) is 11.4 Å². The zero-order valence-corrected chi connectivity index (χ0v) is 28.3. The Hall–Kier alpha value is -3.31. The summed E-state index contributed by atoms with van der Waals surface area (Å²) >= 11 is 0. The maximum absolute atomic E-state index is 13.9. The van der Waals surface area contributed by atoms with Gasteiger partial charge in [-0.15, -0.1) is 0 Å². The maximum Gasteiger partial charge on any atom is 0.188 e. The highest BCUT2D eigenvalue weighted by molar-refractivity contribution is 7.91. The van der Waals surface area contributed by atoms with Crippen LogP contribution < -0.4 is 9.80 Å². The summed E-state index contributed by atoms with van der Waals surface area (Å²) < 4.78 is 27.7. The van der Waals surface area contributed by atoms with Crippen LogP contribution in [0.25, 0.3) is 6.08 Å². The van der Waals surface area contributed by atoms with Crippen molar-refractivity contribution >= 4 is 27.3 Å². The summed E-state index contributed by atoms with van der Waals surface area (Å²) in [5, 5.41) is -0.781. The first kappa shape index (κ1) is 35.2. The van der Waals surface area contributed by atoms with Gasteiger partial charge in [-0.3, -0.25) is 0 Å². The van der Waals surface area contributed by atoms with Crippen LogP contribution >= 0.6 is 0 Å². The molecule has 0 fully saturated rings. The number of rotatable bonds is 20. The Morgan fingerprint density at radius 3 is 1.50 bits per heavy atom. The van der Waals surface area contributed by atoms with Gasteiger partial charge in [0.1, 0.15) is 5.25 Å². The van der Waals surface area contributed by atoms with Gasteiger partial charge in [0.2, 0.25) is 0 Å². The smallest absolute Gasteiger partial charge is 0.188 e. The number of unbranched alkanes of at least 4 members (excludes halogenated alkanes) is 4. The summed E-state index contributed by atoms with van der Waals surface area (Å²) in [6.45, 7) is 13.1. The molecule has 44 heavy (non-hydrogen) atoms. The predicted octanol–water partition coefficient (Wildman–Crippen LogP) is 10.3. The quantitative estimate of drug-likeness (QED) is 0.119. The lowest BCUT2D eigenvalue weighted by Gasteiger charge is -2.25. The second-order valence-corrected chi connectivity index (χ2v) is 13.7. The third-order valence-corrected chi connectivity index (χ3v) is 10.1. The van der Waals surface area contributed by atoms with Crippen molar-refractivity contribution in [2.45, 2.75) is 89.2 Å². The van der Waals surface area contributed by atoms with E-state index < -0.39 is 15.1 Å². The number of hydrogen-bond acceptors (Lipinski definition) is 4. The Bertz CT molecular complexity index is 1350. The monoisotopic (exact) mass is 614 g/mol. The molecule has 3 aromatic carbocycles. The van der Waals surface area contributed by atoms with Gasteiger partial charge in [-0.2, -0.15) is 0 Å². The third kappa shape index (κ3) is 10.7. The molecular formula is C39H54N2O2S. The average Bonchev–Trinajstić information content (AvgIpc) is 3.06. The van der Waals surface area contributed by atoms with E-state index in [1.807, 2.05) is 42.5 Å². The van der Waals surface area contributed by atoms with Gasteiger partial charge in [-0.25, -0.2) is 8.42 Å². The summed E-state index contributed by atoms with van der Waals surface area (Å²) in [4.78, 5) is 5.24. The molecular weight excluding hydrogens is 561 g/mol. The third-order valence-electron chi connectivity index (χ3n) is 8.06. The van der Waals surface area contributed by atoms with Crippen LogP contribution in [0.5, 0.6) is 0 Å². The Kier molecular flexibility index (Phi) is 15.3. The molecule has 0 bridgehead atoms. The van der Waals surface area contributed by atoms with Crippen molar-refractivity contribution in [3.8, 4) is 0 Å². The van der Waals surface area contributed by atoms with Crippen molar-refractivity contribution in [1.29, 1.82) is 0 Å². The second-order valence-electron chi connectivity index (χ2n) is 11.6. The van der Waals surface area contributed by atoms with Gasteiger partial charge in [-0.1, -0.05) is 120 Å². The van der Waals surface area contributed by atoms with E-state index in [0.717, 1.165) is 68.7 Å². The van der Waals surface area contributed by atoms with Crippen molar-refractivity contribution in [3.63, 3.8) is 0 Å². The largest absolute Gasteiger partial charge is 0.372 e. The number of sulfone groups is 1. The molecule has 0 aliphatic rings. The van der Waals surface area contributed by atoms with Gasteiger partial charge in [0.25, 0.3) is 0 Å². The van der Waals surface area contributed by atoms with Crippen LogP contribution in [0.2, 0.25) is 0 Å². The zero-order valence-electron chi connectivity index (χ0n) is 27.5. The fourth-order valence-corrected chi connectivity index (χ4v) is 6.93. The van der Waals surface area contributed by atoms with E-state index in [1.165, 1.54) is 31.4 Å². The molecule has 4 nitrogen and oxygen atoms in total. The van der Waals surface area contributed by atoms with E-state index in [2.05, 4.69) is 73.9 Å². The van der Waals surface area contributed by atoms with Crippen LogP contribution in [0, 0.1) is 0 Å². The highest BCUT2D eigenvalue weighted by atomic mass is 32.2. The molecule has 0 saturated heterocycles. The molecule has 0 radical (unpaired) electrons. The summed E-state index contributed by atoms with van der Waals surface area (Å²) in [5.74, 6) is 0. The van der Waals surface area contributed by atoms with Crippen molar-refractivity contribution in [3.05, 3.63) is 108 Å². The van der Waals surface area contributed by atoms with Gasteiger partial charge < -0.3 is 9.80 Å². The number of hydrogen-bond donors (Lipinski definition) is 0. The summed E-state index contributed by atoms with van der Waals surface area (Å²) in [6, 6.07) is 25.6. The van der Waals surface area contributed by atoms with Crippen LogP contribution in [0.15, 0.2) is 102 Å². The topological polar surface area (TPSA) is 40.6 Å². The first-order valence-corrected chi connectivity index (χ1v) is 18.3. The summed E-state index contributed by atoms with van der Waals surface area (Å²) in [7, 11) is -3.63. The minimum atomic E-state index is -3.63. The van der Waals surface area contributed by atoms with E-state index in [-0.39, 0.29) is 0 Å². The summed E-state index contributed by atoms with van der Waals surface area (Å²) in [5.41, 5.74) is 4.29. The highest BCUT2D eigenvalue weighted by Gasteiger charge is 2.27. The molecule has 0 N–H and O–H groups in total.